The molecule has 0 N–H and O–H groups in total. The maximum Gasteiger partial charge on any atom is 0.351 e. The van der Waals surface area contributed by atoms with Crippen LogP contribution in [0.3, 0.4) is 0 Å². The van der Waals surface area contributed by atoms with Gasteiger partial charge in [-0.15, -0.1) is 0 Å². The van der Waals surface area contributed by atoms with Crippen molar-refractivity contribution >= 4 is 5.97 Å². The van der Waals surface area contributed by atoms with Gasteiger partial charge in [0.15, 0.2) is 0 Å². The van der Waals surface area contributed by atoms with Crippen molar-refractivity contribution in [3.05, 3.63) is 0 Å². The standard InChI is InChI=1S/C9H15FO2/c1-2-7-4-3-5-8(6-7)9(11)12-10/h7-8H,2-6H2,1H3. The molecule has 0 aliphatic heterocycles. The van der Waals surface area contributed by atoms with Crippen molar-refractivity contribution in [1.82, 2.24) is 0 Å². The van der Waals surface area contributed by atoms with E-state index in [1.807, 2.05) is 0 Å². The molecule has 2 nitrogen and oxygen atoms in total. The van der Waals surface area contributed by atoms with Gasteiger partial charge in [0, 0.05) is 4.53 Å². The second kappa shape index (κ2) is 4.43. The third kappa shape index (κ3) is 2.19. The Labute approximate surface area is 72.0 Å². The zero-order valence-electron chi connectivity index (χ0n) is 7.38. The van der Waals surface area contributed by atoms with Gasteiger partial charge in [-0.25, -0.2) is 4.79 Å². The van der Waals surface area contributed by atoms with E-state index in [1.165, 1.54) is 6.42 Å². The van der Waals surface area contributed by atoms with Crippen LogP contribution in [-0.4, -0.2) is 5.97 Å². The first-order valence-electron chi connectivity index (χ1n) is 4.60. The largest absolute Gasteiger partial charge is 0.351 e. The van der Waals surface area contributed by atoms with Gasteiger partial charge < -0.3 is 0 Å². The molecule has 1 rings (SSSR count). The summed E-state index contributed by atoms with van der Waals surface area (Å²) in [5.41, 5.74) is 0. The molecule has 0 amide bonds. The van der Waals surface area contributed by atoms with Crippen LogP contribution in [0.5, 0.6) is 0 Å². The van der Waals surface area contributed by atoms with Gasteiger partial charge in [0.25, 0.3) is 0 Å². The summed E-state index contributed by atoms with van der Waals surface area (Å²) in [6.45, 7) is 2.10. The first-order chi connectivity index (χ1) is 5.77. The van der Waals surface area contributed by atoms with Crippen molar-refractivity contribution in [2.75, 3.05) is 0 Å². The molecule has 3 heteroatoms. The van der Waals surface area contributed by atoms with Crippen LogP contribution in [0, 0.1) is 11.8 Å². The van der Waals surface area contributed by atoms with E-state index < -0.39 is 5.97 Å². The zero-order chi connectivity index (χ0) is 8.97. The molecule has 0 heterocycles. The van der Waals surface area contributed by atoms with Crippen molar-refractivity contribution in [3.8, 4) is 0 Å². The number of hydrogen-bond acceptors (Lipinski definition) is 2. The van der Waals surface area contributed by atoms with Gasteiger partial charge in [0.1, 0.15) is 0 Å². The summed E-state index contributed by atoms with van der Waals surface area (Å²) >= 11 is 0. The third-order valence-corrected chi connectivity index (χ3v) is 2.77. The van der Waals surface area contributed by atoms with Crippen LogP contribution < -0.4 is 0 Å². The summed E-state index contributed by atoms with van der Waals surface area (Å²) in [6, 6.07) is 0. The Morgan fingerprint density at radius 3 is 2.92 bits per heavy atom. The van der Waals surface area contributed by atoms with Crippen molar-refractivity contribution in [3.63, 3.8) is 0 Å². The highest BCUT2D eigenvalue weighted by Crippen LogP contribution is 2.31. The highest BCUT2D eigenvalue weighted by Gasteiger charge is 2.27. The molecule has 2 unspecified atom stereocenters. The Balaban J connectivity index is 2.40. The molecule has 70 valence electrons. The lowest BCUT2D eigenvalue weighted by Crippen LogP contribution is -2.22. The summed E-state index contributed by atoms with van der Waals surface area (Å²) in [4.78, 5) is 14.1. The Hall–Kier alpha value is -0.600. The molecule has 12 heavy (non-hydrogen) atoms. The minimum Gasteiger partial charge on any atom is -0.255 e. The van der Waals surface area contributed by atoms with E-state index in [0.29, 0.717) is 5.92 Å². The predicted octanol–water partition coefficient (Wildman–Crippen LogP) is 2.63. The molecule has 0 saturated heterocycles. The molecule has 1 saturated carbocycles. The number of rotatable bonds is 2. The smallest absolute Gasteiger partial charge is 0.255 e. The Bertz CT molecular complexity index is 159. The van der Waals surface area contributed by atoms with E-state index in [0.717, 1.165) is 25.7 Å². The average Bonchev–Trinajstić information content (AvgIpc) is 2.17. The molecule has 2 atom stereocenters. The van der Waals surface area contributed by atoms with E-state index in [-0.39, 0.29) is 5.92 Å². The average molecular weight is 174 g/mol. The lowest BCUT2D eigenvalue weighted by Gasteiger charge is -2.25. The molecular formula is C9H15FO2. The minimum absolute atomic E-state index is 0.186. The van der Waals surface area contributed by atoms with E-state index in [9.17, 15) is 9.32 Å². The maximum atomic E-state index is 11.6. The maximum absolute atomic E-state index is 11.6. The topological polar surface area (TPSA) is 26.3 Å². The molecular weight excluding hydrogens is 159 g/mol. The van der Waals surface area contributed by atoms with Crippen molar-refractivity contribution < 1.29 is 14.3 Å². The van der Waals surface area contributed by atoms with Crippen molar-refractivity contribution in [2.24, 2.45) is 11.8 Å². The summed E-state index contributed by atoms with van der Waals surface area (Å²) in [5, 5.41) is 0. The normalized spacial score (nSPS) is 29.8. The molecule has 0 bridgehead atoms. The second-order valence-corrected chi connectivity index (χ2v) is 3.53. The van der Waals surface area contributed by atoms with Crippen LogP contribution in [0.2, 0.25) is 0 Å². The number of hydrogen-bond donors (Lipinski definition) is 0. The number of halogens is 1. The molecule has 0 aromatic heterocycles. The second-order valence-electron chi connectivity index (χ2n) is 3.53. The van der Waals surface area contributed by atoms with E-state index in [4.69, 9.17) is 0 Å². The first kappa shape index (κ1) is 9.49. The molecule has 1 aliphatic carbocycles. The van der Waals surface area contributed by atoms with E-state index in [2.05, 4.69) is 11.9 Å². The van der Waals surface area contributed by atoms with Gasteiger partial charge in [-0.3, -0.25) is 4.94 Å². The lowest BCUT2D eigenvalue weighted by molar-refractivity contribution is -0.190. The molecule has 1 fully saturated rings. The van der Waals surface area contributed by atoms with Crippen LogP contribution in [0.25, 0.3) is 0 Å². The Morgan fingerprint density at radius 1 is 1.58 bits per heavy atom. The minimum atomic E-state index is -0.673. The van der Waals surface area contributed by atoms with Gasteiger partial charge in [-0.2, -0.15) is 0 Å². The zero-order valence-corrected chi connectivity index (χ0v) is 7.38. The quantitative estimate of drug-likeness (QED) is 0.643. The van der Waals surface area contributed by atoms with Gasteiger partial charge in [-0.1, -0.05) is 26.2 Å². The summed E-state index contributed by atoms with van der Waals surface area (Å²) in [6.07, 6.45) is 4.87. The third-order valence-electron chi connectivity index (χ3n) is 2.77. The summed E-state index contributed by atoms with van der Waals surface area (Å²) < 4.78 is 11.6. The Kier molecular flexibility index (Phi) is 3.50. The van der Waals surface area contributed by atoms with E-state index in [1.54, 1.807) is 0 Å². The molecule has 1 aliphatic rings. The lowest BCUT2D eigenvalue weighted by atomic mass is 9.80. The van der Waals surface area contributed by atoms with Crippen LogP contribution in [0.1, 0.15) is 39.0 Å². The fraction of sp³-hybridized carbons (Fsp3) is 0.889. The van der Waals surface area contributed by atoms with Gasteiger partial charge in [0.05, 0.1) is 5.92 Å². The summed E-state index contributed by atoms with van der Waals surface area (Å²) in [5.74, 6) is -0.273. The van der Waals surface area contributed by atoms with Crippen LogP contribution in [0.15, 0.2) is 0 Å². The van der Waals surface area contributed by atoms with E-state index >= 15 is 0 Å². The molecule has 0 radical (unpaired) electrons. The van der Waals surface area contributed by atoms with Crippen molar-refractivity contribution in [2.45, 2.75) is 39.0 Å². The number of carbonyl (C=O) groups is 1. The highest BCUT2D eigenvalue weighted by atomic mass is 19.3. The molecule has 0 spiro atoms. The summed E-state index contributed by atoms with van der Waals surface area (Å²) in [7, 11) is 0. The first-order valence-corrected chi connectivity index (χ1v) is 4.60. The highest BCUT2D eigenvalue weighted by molar-refractivity contribution is 5.71. The van der Waals surface area contributed by atoms with Crippen LogP contribution >= 0.6 is 0 Å². The van der Waals surface area contributed by atoms with Gasteiger partial charge in [-0.05, 0) is 18.8 Å². The fourth-order valence-electron chi connectivity index (χ4n) is 1.94. The van der Waals surface area contributed by atoms with Crippen molar-refractivity contribution in [1.29, 1.82) is 0 Å². The fourth-order valence-corrected chi connectivity index (χ4v) is 1.94. The monoisotopic (exact) mass is 174 g/mol. The Morgan fingerprint density at radius 2 is 2.33 bits per heavy atom. The SMILES string of the molecule is CCC1CCCC(C(=O)OF)C1. The van der Waals surface area contributed by atoms with Crippen LogP contribution in [-0.2, 0) is 9.74 Å². The van der Waals surface area contributed by atoms with Gasteiger partial charge >= 0.3 is 5.97 Å². The molecule has 0 aromatic carbocycles. The number of carbonyl (C=O) groups excluding carboxylic acids is 1. The van der Waals surface area contributed by atoms with Crippen LogP contribution in [0.4, 0.5) is 4.53 Å². The predicted molar refractivity (Wildman–Crippen MR) is 42.9 cm³/mol. The van der Waals surface area contributed by atoms with Gasteiger partial charge in [0.2, 0.25) is 0 Å². The molecule has 0 aromatic rings.